The molecular formula is C44H26N2O. The lowest BCUT2D eigenvalue weighted by Gasteiger charge is -2.11. The first-order valence-electron chi connectivity index (χ1n) is 16.1. The van der Waals surface area contributed by atoms with Crippen molar-refractivity contribution in [2.75, 3.05) is 0 Å². The summed E-state index contributed by atoms with van der Waals surface area (Å²) in [7, 11) is 0. The van der Waals surface area contributed by atoms with Gasteiger partial charge in [0.2, 0.25) is 0 Å². The molecule has 0 bridgehead atoms. The summed E-state index contributed by atoms with van der Waals surface area (Å²) in [6.45, 7) is 0. The van der Waals surface area contributed by atoms with Crippen LogP contribution in [0.4, 0.5) is 0 Å². The molecule has 0 aliphatic carbocycles. The van der Waals surface area contributed by atoms with Gasteiger partial charge >= 0.3 is 0 Å². The second-order valence-corrected chi connectivity index (χ2v) is 12.5. The van der Waals surface area contributed by atoms with Crippen molar-refractivity contribution in [3.8, 4) is 11.4 Å². The number of rotatable bonds is 2. The molecule has 0 aliphatic rings. The third-order valence-corrected chi connectivity index (χ3v) is 10.1. The van der Waals surface area contributed by atoms with E-state index in [4.69, 9.17) is 4.42 Å². The van der Waals surface area contributed by atoms with Crippen LogP contribution in [0.25, 0.3) is 98.5 Å². The lowest BCUT2D eigenvalue weighted by Crippen LogP contribution is -1.94. The first kappa shape index (κ1) is 24.9. The number of aromatic nitrogens is 2. The molecule has 0 fully saturated rings. The number of benzene rings is 8. The van der Waals surface area contributed by atoms with Crippen molar-refractivity contribution in [1.82, 2.24) is 9.13 Å². The molecule has 0 amide bonds. The average molecular weight is 599 g/mol. The SMILES string of the molecule is c1ccc(-n2c3ccccc3c3c4oc5c(ccc6c5c5ccccc5n6-c5ccc6ccc7ccccc7c6c5)c4ccc32)cc1. The van der Waals surface area contributed by atoms with Gasteiger partial charge in [0.15, 0.2) is 0 Å². The van der Waals surface area contributed by atoms with Crippen molar-refractivity contribution >= 4 is 87.1 Å². The van der Waals surface area contributed by atoms with Crippen molar-refractivity contribution in [2.24, 2.45) is 0 Å². The highest BCUT2D eigenvalue weighted by molar-refractivity contribution is 6.29. The van der Waals surface area contributed by atoms with Crippen molar-refractivity contribution in [3.05, 3.63) is 158 Å². The van der Waals surface area contributed by atoms with E-state index in [1.165, 1.54) is 43.4 Å². The maximum atomic E-state index is 7.09. The molecule has 3 heterocycles. The Hall–Kier alpha value is -6.32. The van der Waals surface area contributed by atoms with Gasteiger partial charge in [-0.05, 0) is 82.2 Å². The zero-order valence-corrected chi connectivity index (χ0v) is 25.3. The minimum absolute atomic E-state index is 0.933. The van der Waals surface area contributed by atoms with Gasteiger partial charge in [-0.25, -0.2) is 0 Å². The molecule has 218 valence electrons. The second kappa shape index (κ2) is 9.12. The molecule has 8 aromatic carbocycles. The summed E-state index contributed by atoms with van der Waals surface area (Å²) in [4.78, 5) is 0. The summed E-state index contributed by atoms with van der Waals surface area (Å²) in [5.74, 6) is 0. The summed E-state index contributed by atoms with van der Waals surface area (Å²) in [5, 5.41) is 12.0. The Kier molecular flexibility index (Phi) is 4.84. The summed E-state index contributed by atoms with van der Waals surface area (Å²) < 4.78 is 11.8. The minimum atomic E-state index is 0.933. The second-order valence-electron chi connectivity index (χ2n) is 12.5. The molecule has 3 heteroatoms. The number of fused-ring (bicyclic) bond motifs is 14. The molecule has 0 N–H and O–H groups in total. The minimum Gasteiger partial charge on any atom is -0.455 e. The molecular weight excluding hydrogens is 572 g/mol. The Morgan fingerprint density at radius 1 is 0.319 bits per heavy atom. The van der Waals surface area contributed by atoms with E-state index in [1.807, 2.05) is 0 Å². The van der Waals surface area contributed by atoms with Gasteiger partial charge in [-0.15, -0.1) is 0 Å². The lowest BCUT2D eigenvalue weighted by molar-refractivity contribution is 0.677. The van der Waals surface area contributed by atoms with Crippen LogP contribution in [0.15, 0.2) is 162 Å². The van der Waals surface area contributed by atoms with Gasteiger partial charge in [0.05, 0.1) is 32.8 Å². The molecule has 3 nitrogen and oxygen atoms in total. The highest BCUT2D eigenvalue weighted by Crippen LogP contribution is 2.45. The Labute approximate surface area is 269 Å². The van der Waals surface area contributed by atoms with Crippen LogP contribution in [0.1, 0.15) is 0 Å². The van der Waals surface area contributed by atoms with Crippen molar-refractivity contribution < 1.29 is 4.42 Å². The molecule has 0 aliphatic heterocycles. The van der Waals surface area contributed by atoms with Gasteiger partial charge < -0.3 is 13.6 Å². The number of hydrogen-bond donors (Lipinski definition) is 0. The van der Waals surface area contributed by atoms with Crippen LogP contribution in [0.5, 0.6) is 0 Å². The van der Waals surface area contributed by atoms with Crippen LogP contribution in [0, 0.1) is 0 Å². The Bertz CT molecular complexity index is 3070. The molecule has 0 radical (unpaired) electrons. The van der Waals surface area contributed by atoms with Gasteiger partial charge in [-0.3, -0.25) is 0 Å². The van der Waals surface area contributed by atoms with E-state index in [2.05, 4.69) is 167 Å². The standard InChI is InChI=1S/C44H26N2O/c1-2-11-29(12-3-1)45-37-16-8-6-14-34(37)41-39(45)24-22-32-33-23-25-40-42(44(33)47-43(32)41)35-15-7-9-17-38(35)46(40)30-21-20-28-19-18-27-10-4-5-13-31(27)36(28)26-30/h1-26H. The van der Waals surface area contributed by atoms with Crippen LogP contribution >= 0.6 is 0 Å². The maximum absolute atomic E-state index is 7.09. The summed E-state index contributed by atoms with van der Waals surface area (Å²) in [6.07, 6.45) is 0. The van der Waals surface area contributed by atoms with Gasteiger partial charge in [0, 0.05) is 32.9 Å². The van der Waals surface area contributed by atoms with E-state index in [9.17, 15) is 0 Å². The molecule has 47 heavy (non-hydrogen) atoms. The van der Waals surface area contributed by atoms with Crippen LogP contribution in [-0.4, -0.2) is 9.13 Å². The highest BCUT2D eigenvalue weighted by Gasteiger charge is 2.22. The Morgan fingerprint density at radius 3 is 1.49 bits per heavy atom. The Balaban J connectivity index is 1.25. The molecule has 0 saturated carbocycles. The van der Waals surface area contributed by atoms with Gasteiger partial charge in [-0.2, -0.15) is 0 Å². The molecule has 3 aromatic heterocycles. The van der Waals surface area contributed by atoms with Crippen LogP contribution in [-0.2, 0) is 0 Å². The largest absolute Gasteiger partial charge is 0.455 e. The average Bonchev–Trinajstić information content (AvgIpc) is 3.79. The fourth-order valence-corrected chi connectivity index (χ4v) is 8.06. The zero-order valence-electron chi connectivity index (χ0n) is 25.3. The quantitative estimate of drug-likeness (QED) is 0.182. The monoisotopic (exact) mass is 598 g/mol. The first-order valence-corrected chi connectivity index (χ1v) is 16.1. The lowest BCUT2D eigenvalue weighted by atomic mass is 10.0. The predicted molar refractivity (Wildman–Crippen MR) is 197 cm³/mol. The first-order chi connectivity index (χ1) is 23.3. The fraction of sp³-hybridized carbons (Fsp3) is 0. The van der Waals surface area contributed by atoms with E-state index in [-0.39, 0.29) is 0 Å². The third-order valence-electron chi connectivity index (χ3n) is 10.1. The molecule has 0 atom stereocenters. The molecule has 0 saturated heterocycles. The molecule has 11 rings (SSSR count). The van der Waals surface area contributed by atoms with Crippen molar-refractivity contribution in [3.63, 3.8) is 0 Å². The van der Waals surface area contributed by atoms with Crippen molar-refractivity contribution in [2.45, 2.75) is 0 Å². The smallest absolute Gasteiger partial charge is 0.145 e. The number of nitrogens with zero attached hydrogens (tertiary/aromatic N) is 2. The summed E-state index contributed by atoms with van der Waals surface area (Å²) in [6, 6.07) is 56.9. The van der Waals surface area contributed by atoms with Gasteiger partial charge in [-0.1, -0.05) is 97.1 Å². The molecule has 0 spiro atoms. The topological polar surface area (TPSA) is 23.0 Å². The van der Waals surface area contributed by atoms with E-state index in [0.717, 1.165) is 55.1 Å². The molecule has 0 unspecified atom stereocenters. The van der Waals surface area contributed by atoms with Crippen LogP contribution < -0.4 is 0 Å². The number of hydrogen-bond acceptors (Lipinski definition) is 1. The Morgan fingerprint density at radius 2 is 0.830 bits per heavy atom. The van der Waals surface area contributed by atoms with Crippen LogP contribution in [0.3, 0.4) is 0 Å². The highest BCUT2D eigenvalue weighted by atomic mass is 16.3. The predicted octanol–water partition coefficient (Wildman–Crippen LogP) is 12.1. The fourth-order valence-electron chi connectivity index (χ4n) is 8.06. The number of furan rings is 1. The van der Waals surface area contributed by atoms with Gasteiger partial charge in [0.1, 0.15) is 11.2 Å². The van der Waals surface area contributed by atoms with E-state index in [0.29, 0.717) is 0 Å². The normalized spacial score (nSPS) is 12.3. The summed E-state index contributed by atoms with van der Waals surface area (Å²) in [5.41, 5.74) is 8.78. The zero-order chi connectivity index (χ0) is 30.6. The van der Waals surface area contributed by atoms with Crippen molar-refractivity contribution in [1.29, 1.82) is 0 Å². The number of para-hydroxylation sites is 3. The van der Waals surface area contributed by atoms with E-state index < -0.39 is 0 Å². The van der Waals surface area contributed by atoms with E-state index in [1.54, 1.807) is 0 Å². The van der Waals surface area contributed by atoms with Crippen LogP contribution in [0.2, 0.25) is 0 Å². The van der Waals surface area contributed by atoms with E-state index >= 15 is 0 Å². The summed E-state index contributed by atoms with van der Waals surface area (Å²) >= 11 is 0. The third kappa shape index (κ3) is 3.30. The molecule has 11 aromatic rings. The maximum Gasteiger partial charge on any atom is 0.145 e. The van der Waals surface area contributed by atoms with Gasteiger partial charge in [0.25, 0.3) is 0 Å².